The summed E-state index contributed by atoms with van der Waals surface area (Å²) in [7, 11) is 0. The second-order valence-electron chi connectivity index (χ2n) is 17.0. The molecule has 0 aliphatic heterocycles. The van der Waals surface area contributed by atoms with Crippen LogP contribution >= 0.6 is 0 Å². The number of hydrogen-bond donors (Lipinski definition) is 0. The zero-order valence-electron chi connectivity index (χ0n) is 34.8. The highest BCUT2D eigenvalue weighted by molar-refractivity contribution is 5.78. The Morgan fingerprint density at radius 1 is 0.440 bits per heavy atom. The van der Waals surface area contributed by atoms with Gasteiger partial charge in [0.1, 0.15) is 5.78 Å². The van der Waals surface area contributed by atoms with E-state index in [1.165, 1.54) is 244 Å². The van der Waals surface area contributed by atoms with Crippen LogP contribution in [0.3, 0.4) is 0 Å². The predicted octanol–water partition coefficient (Wildman–Crippen LogP) is 16.3. The fourth-order valence-electron chi connectivity index (χ4n) is 8.51. The van der Waals surface area contributed by atoms with Gasteiger partial charge in [0.25, 0.3) is 0 Å². The fraction of sp³-hybridized carbons (Fsp3) is 0.938. The summed E-state index contributed by atoms with van der Waals surface area (Å²) in [6, 6.07) is 0. The summed E-state index contributed by atoms with van der Waals surface area (Å²) in [6.07, 6.45) is 52.8. The molecule has 1 fully saturated rings. The van der Waals surface area contributed by atoms with Crippen LogP contribution < -0.4 is 0 Å². The van der Waals surface area contributed by atoms with Gasteiger partial charge in [-0.1, -0.05) is 212 Å². The number of nitrogens with zero attached hydrogens (tertiary/aromatic N) is 1. The number of ketones is 1. The van der Waals surface area contributed by atoms with Crippen molar-refractivity contribution < 1.29 is 4.79 Å². The molecule has 0 radical (unpaired) electrons. The van der Waals surface area contributed by atoms with Crippen molar-refractivity contribution in [3.05, 3.63) is 12.2 Å². The number of Topliss-reactive ketones (excluding diaryl/α,β-unsaturated/α-hetero) is 1. The molecule has 50 heavy (non-hydrogen) atoms. The lowest BCUT2D eigenvalue weighted by Crippen LogP contribution is -2.27. The molecule has 2 heteroatoms. The predicted molar refractivity (Wildman–Crippen MR) is 225 cm³/mol. The summed E-state index contributed by atoms with van der Waals surface area (Å²) in [5.74, 6) is 1.40. The van der Waals surface area contributed by atoms with Crippen LogP contribution in [0, 0.1) is 5.92 Å². The summed E-state index contributed by atoms with van der Waals surface area (Å²) in [4.78, 5) is 15.1. The first kappa shape index (κ1) is 47.4. The third kappa shape index (κ3) is 33.2. The number of rotatable bonds is 27. The molecule has 0 amide bonds. The molecule has 0 N–H and O–H groups in total. The van der Waals surface area contributed by atoms with Crippen LogP contribution in [0.15, 0.2) is 12.2 Å². The number of hydrogen-bond acceptors (Lipinski definition) is 2. The SMILES string of the molecule is C=C(CCCCCN(CCC)CCCCCC(=O)CCCCCCCCCCCC)CC1CCCCCCCCCCCCCCCCCC1. The van der Waals surface area contributed by atoms with Gasteiger partial charge in [-0.25, -0.2) is 0 Å². The molecule has 2 nitrogen and oxygen atoms in total. The fourth-order valence-corrected chi connectivity index (χ4v) is 8.51. The van der Waals surface area contributed by atoms with Crippen LogP contribution in [0.5, 0.6) is 0 Å². The molecule has 1 aliphatic rings. The molecule has 1 aliphatic carbocycles. The van der Waals surface area contributed by atoms with Crippen LogP contribution in [-0.4, -0.2) is 30.3 Å². The summed E-state index contributed by atoms with van der Waals surface area (Å²) in [5, 5.41) is 0. The Morgan fingerprint density at radius 3 is 1.22 bits per heavy atom. The maximum atomic E-state index is 12.4. The average Bonchev–Trinajstić information content (AvgIpc) is 3.11. The molecule has 0 bridgehead atoms. The zero-order valence-corrected chi connectivity index (χ0v) is 34.8. The van der Waals surface area contributed by atoms with Gasteiger partial charge < -0.3 is 4.90 Å². The molecule has 0 atom stereocenters. The van der Waals surface area contributed by atoms with E-state index >= 15 is 0 Å². The lowest BCUT2D eigenvalue weighted by Gasteiger charge is -2.22. The van der Waals surface area contributed by atoms with Crippen molar-refractivity contribution in [2.45, 2.75) is 264 Å². The minimum Gasteiger partial charge on any atom is -0.303 e. The van der Waals surface area contributed by atoms with Gasteiger partial charge in [-0.2, -0.15) is 0 Å². The normalized spacial score (nSPS) is 16.9. The zero-order chi connectivity index (χ0) is 36.0. The van der Waals surface area contributed by atoms with Gasteiger partial charge in [-0.3, -0.25) is 4.79 Å². The van der Waals surface area contributed by atoms with Gasteiger partial charge in [0.15, 0.2) is 0 Å². The second kappa shape index (κ2) is 38.1. The first-order valence-corrected chi connectivity index (χ1v) is 23.6. The number of carbonyl (C=O) groups excluding carboxylic acids is 1. The standard InChI is InChI=1S/C48H93NO/c1-4-6-7-8-9-10-21-24-27-33-40-48(50)41-34-29-36-44-49(42-5-2)43-35-28-30-37-46(3)45-47-38-31-25-22-19-17-15-13-11-12-14-16-18-20-23-26-32-39-47/h47H,3-45H2,1-2H3. The second-order valence-corrected chi connectivity index (χ2v) is 17.0. The van der Waals surface area contributed by atoms with Crippen LogP contribution in [0.4, 0.5) is 0 Å². The number of unbranched alkanes of at least 4 members (excludes halogenated alkanes) is 13. The first-order chi connectivity index (χ1) is 24.7. The largest absolute Gasteiger partial charge is 0.303 e. The molecule has 1 saturated carbocycles. The van der Waals surface area contributed by atoms with Crippen LogP contribution in [0.1, 0.15) is 264 Å². The highest BCUT2D eigenvalue weighted by Crippen LogP contribution is 2.27. The van der Waals surface area contributed by atoms with E-state index in [1.54, 1.807) is 5.57 Å². The molecule has 1 rings (SSSR count). The molecule has 0 aromatic rings. The van der Waals surface area contributed by atoms with Gasteiger partial charge >= 0.3 is 0 Å². The molecule has 0 saturated heterocycles. The van der Waals surface area contributed by atoms with Crippen LogP contribution in [0.2, 0.25) is 0 Å². The smallest absolute Gasteiger partial charge is 0.132 e. The van der Waals surface area contributed by atoms with Crippen molar-refractivity contribution in [3.63, 3.8) is 0 Å². The highest BCUT2D eigenvalue weighted by atomic mass is 16.1. The topological polar surface area (TPSA) is 20.3 Å². The molecule has 0 aromatic carbocycles. The molecule has 0 heterocycles. The molecule has 0 aromatic heterocycles. The van der Waals surface area contributed by atoms with E-state index in [0.29, 0.717) is 5.78 Å². The van der Waals surface area contributed by atoms with Gasteiger partial charge in [-0.15, -0.1) is 0 Å². The molecular weight excluding hydrogens is 607 g/mol. The molecule has 296 valence electrons. The van der Waals surface area contributed by atoms with Crippen molar-refractivity contribution in [1.82, 2.24) is 4.90 Å². The Morgan fingerprint density at radius 2 is 0.800 bits per heavy atom. The minimum absolute atomic E-state index is 0.514. The Hall–Kier alpha value is -0.630. The van der Waals surface area contributed by atoms with Crippen molar-refractivity contribution in [3.8, 4) is 0 Å². The maximum absolute atomic E-state index is 12.4. The Balaban J connectivity index is 2.14. The molecular formula is C48H93NO. The van der Waals surface area contributed by atoms with Crippen molar-refractivity contribution in [1.29, 1.82) is 0 Å². The van der Waals surface area contributed by atoms with Gasteiger partial charge in [0.2, 0.25) is 0 Å². The van der Waals surface area contributed by atoms with Crippen LogP contribution in [-0.2, 0) is 4.79 Å². The van der Waals surface area contributed by atoms with E-state index in [1.807, 2.05) is 0 Å². The monoisotopic (exact) mass is 700 g/mol. The van der Waals surface area contributed by atoms with E-state index in [9.17, 15) is 4.79 Å². The lowest BCUT2D eigenvalue weighted by molar-refractivity contribution is -0.119. The van der Waals surface area contributed by atoms with Crippen molar-refractivity contribution >= 4 is 5.78 Å². The Kier molecular flexibility index (Phi) is 36.1. The molecule has 0 unspecified atom stereocenters. The van der Waals surface area contributed by atoms with Gasteiger partial charge in [-0.05, 0) is 76.9 Å². The van der Waals surface area contributed by atoms with E-state index in [2.05, 4.69) is 25.3 Å². The van der Waals surface area contributed by atoms with Gasteiger partial charge in [0.05, 0.1) is 0 Å². The van der Waals surface area contributed by atoms with E-state index in [-0.39, 0.29) is 0 Å². The van der Waals surface area contributed by atoms with Crippen molar-refractivity contribution in [2.75, 3.05) is 19.6 Å². The Bertz CT molecular complexity index is 695. The minimum atomic E-state index is 0.514. The quantitative estimate of drug-likeness (QED) is 0.0628. The van der Waals surface area contributed by atoms with E-state index < -0.39 is 0 Å². The molecule has 0 spiro atoms. The summed E-state index contributed by atoms with van der Waals surface area (Å²) < 4.78 is 0. The lowest BCUT2D eigenvalue weighted by atomic mass is 9.87. The highest BCUT2D eigenvalue weighted by Gasteiger charge is 2.12. The summed E-state index contributed by atoms with van der Waals surface area (Å²) in [6.45, 7) is 12.9. The summed E-state index contributed by atoms with van der Waals surface area (Å²) in [5.41, 5.74) is 1.54. The van der Waals surface area contributed by atoms with Crippen molar-refractivity contribution in [2.24, 2.45) is 5.92 Å². The first-order valence-electron chi connectivity index (χ1n) is 23.6. The maximum Gasteiger partial charge on any atom is 0.132 e. The number of carbonyl (C=O) groups is 1. The Labute approximate surface area is 316 Å². The van der Waals surface area contributed by atoms with E-state index in [4.69, 9.17) is 0 Å². The average molecular weight is 700 g/mol. The summed E-state index contributed by atoms with van der Waals surface area (Å²) >= 11 is 0. The van der Waals surface area contributed by atoms with Crippen LogP contribution in [0.25, 0.3) is 0 Å². The third-order valence-corrected chi connectivity index (χ3v) is 11.8. The van der Waals surface area contributed by atoms with Gasteiger partial charge in [0, 0.05) is 12.8 Å². The number of allylic oxidation sites excluding steroid dienone is 1. The third-order valence-electron chi connectivity index (χ3n) is 11.8. The van der Waals surface area contributed by atoms with E-state index in [0.717, 1.165) is 31.6 Å².